The molecule has 2 fully saturated rings. The van der Waals surface area contributed by atoms with E-state index in [0.717, 1.165) is 30.9 Å². The highest BCUT2D eigenvalue weighted by Gasteiger charge is 2.33. The van der Waals surface area contributed by atoms with Crippen LogP contribution in [-0.4, -0.2) is 28.1 Å². The molecule has 1 aromatic rings. The number of rotatable bonds is 6. The Kier molecular flexibility index (Phi) is 4.98. The molecule has 23 heavy (non-hydrogen) atoms. The number of aromatic nitrogens is 2. The Balaban J connectivity index is 1.36. The smallest absolute Gasteiger partial charge is 0.266 e. The summed E-state index contributed by atoms with van der Waals surface area (Å²) in [6.07, 6.45) is 10.1. The molecule has 0 radical (unpaired) electrons. The largest absolute Gasteiger partial charge is 0.364 e. The van der Waals surface area contributed by atoms with E-state index in [4.69, 9.17) is 5.73 Å². The molecular weight excluding hydrogens is 292 g/mol. The van der Waals surface area contributed by atoms with Crippen LogP contribution in [-0.2, 0) is 4.79 Å². The summed E-state index contributed by atoms with van der Waals surface area (Å²) in [5.74, 6) is 0.748. The first-order valence-corrected chi connectivity index (χ1v) is 8.76. The van der Waals surface area contributed by atoms with E-state index in [9.17, 15) is 9.59 Å². The molecule has 3 rings (SSSR count). The van der Waals surface area contributed by atoms with Crippen molar-refractivity contribution >= 4 is 11.8 Å². The summed E-state index contributed by atoms with van der Waals surface area (Å²) >= 11 is 0. The van der Waals surface area contributed by atoms with Crippen LogP contribution in [0, 0.1) is 5.92 Å². The third kappa shape index (κ3) is 4.12. The van der Waals surface area contributed by atoms with Crippen LogP contribution < -0.4 is 11.1 Å². The van der Waals surface area contributed by atoms with Crippen molar-refractivity contribution in [1.29, 1.82) is 0 Å². The lowest BCUT2D eigenvalue weighted by Crippen LogP contribution is -2.43. The summed E-state index contributed by atoms with van der Waals surface area (Å²) in [5.41, 5.74) is 6.42. The molecule has 0 atom stereocenters. The van der Waals surface area contributed by atoms with Gasteiger partial charge in [0, 0.05) is 18.4 Å². The van der Waals surface area contributed by atoms with Crippen LogP contribution in [0.25, 0.3) is 0 Å². The van der Waals surface area contributed by atoms with Gasteiger partial charge in [0.25, 0.3) is 5.91 Å². The van der Waals surface area contributed by atoms with E-state index in [-0.39, 0.29) is 11.9 Å². The van der Waals surface area contributed by atoms with Crippen molar-refractivity contribution < 1.29 is 9.59 Å². The predicted octanol–water partition coefficient (Wildman–Crippen LogP) is 2.23. The predicted molar refractivity (Wildman–Crippen MR) is 86.8 cm³/mol. The summed E-state index contributed by atoms with van der Waals surface area (Å²) in [4.78, 5) is 23.1. The minimum absolute atomic E-state index is 0.180. The molecule has 1 aromatic heterocycles. The van der Waals surface area contributed by atoms with Gasteiger partial charge in [-0.2, -0.15) is 5.10 Å². The topological polar surface area (TPSA) is 101 Å². The average molecular weight is 318 g/mol. The fraction of sp³-hybridized carbons (Fsp3) is 0.706. The summed E-state index contributed by atoms with van der Waals surface area (Å²) in [7, 11) is 0. The molecule has 2 saturated carbocycles. The minimum atomic E-state index is -0.490. The fourth-order valence-electron chi connectivity index (χ4n) is 3.76. The Morgan fingerprint density at radius 3 is 2.65 bits per heavy atom. The van der Waals surface area contributed by atoms with Crippen LogP contribution in [0.4, 0.5) is 0 Å². The van der Waals surface area contributed by atoms with Crippen LogP contribution >= 0.6 is 0 Å². The number of hydrogen-bond acceptors (Lipinski definition) is 3. The Morgan fingerprint density at radius 1 is 1.26 bits per heavy atom. The highest BCUT2D eigenvalue weighted by Crippen LogP contribution is 2.36. The van der Waals surface area contributed by atoms with Crippen LogP contribution in [0.1, 0.15) is 79.9 Å². The maximum Gasteiger partial charge on any atom is 0.266 e. The molecule has 1 heterocycles. The molecule has 2 aliphatic carbocycles. The van der Waals surface area contributed by atoms with Crippen molar-refractivity contribution in [3.8, 4) is 0 Å². The van der Waals surface area contributed by atoms with Crippen LogP contribution in [0.5, 0.6) is 0 Å². The molecule has 0 spiro atoms. The lowest BCUT2D eigenvalue weighted by molar-refractivity contribution is -0.122. The van der Waals surface area contributed by atoms with E-state index < -0.39 is 5.91 Å². The number of primary amides is 1. The van der Waals surface area contributed by atoms with Crippen molar-refractivity contribution in [2.24, 2.45) is 11.7 Å². The second-order valence-electron chi connectivity index (χ2n) is 7.05. The number of carbonyl (C=O) groups is 2. The molecule has 0 aliphatic heterocycles. The Labute approximate surface area is 136 Å². The highest BCUT2D eigenvalue weighted by molar-refractivity contribution is 5.90. The van der Waals surface area contributed by atoms with Crippen molar-refractivity contribution in [2.45, 2.75) is 69.7 Å². The molecule has 0 aromatic carbocycles. The molecule has 2 aliphatic rings. The first-order valence-electron chi connectivity index (χ1n) is 8.76. The average Bonchev–Trinajstić information content (AvgIpc) is 2.99. The number of aromatic amines is 1. The second-order valence-corrected chi connectivity index (χ2v) is 7.05. The van der Waals surface area contributed by atoms with E-state index in [1.807, 2.05) is 0 Å². The van der Waals surface area contributed by atoms with Crippen molar-refractivity contribution in [2.75, 3.05) is 0 Å². The molecule has 4 N–H and O–H groups in total. The van der Waals surface area contributed by atoms with Crippen LogP contribution in [0.2, 0.25) is 0 Å². The van der Waals surface area contributed by atoms with Gasteiger partial charge in [0.1, 0.15) is 5.69 Å². The summed E-state index contributed by atoms with van der Waals surface area (Å²) in [5, 5.41) is 9.90. The van der Waals surface area contributed by atoms with Gasteiger partial charge in [0.15, 0.2) is 0 Å². The van der Waals surface area contributed by atoms with E-state index in [2.05, 4.69) is 15.5 Å². The minimum Gasteiger partial charge on any atom is -0.364 e. The van der Waals surface area contributed by atoms with Gasteiger partial charge in [-0.15, -0.1) is 0 Å². The zero-order valence-electron chi connectivity index (χ0n) is 13.5. The summed E-state index contributed by atoms with van der Waals surface area (Å²) < 4.78 is 0. The zero-order chi connectivity index (χ0) is 16.2. The van der Waals surface area contributed by atoms with Crippen LogP contribution in [0.3, 0.4) is 0 Å². The number of hydrogen-bond donors (Lipinski definition) is 3. The standard InChI is InChI=1S/C17H26N4O2/c18-17(23)15-10-14(20-21-15)12-8-13(9-12)19-16(22)7-6-11-4-2-1-3-5-11/h10-13H,1-9H2,(H2,18,23)(H,19,22)(H,20,21)/t12-,13+. The van der Waals surface area contributed by atoms with Crippen LogP contribution in [0.15, 0.2) is 6.07 Å². The van der Waals surface area contributed by atoms with Gasteiger partial charge in [-0.3, -0.25) is 14.7 Å². The lowest BCUT2D eigenvalue weighted by atomic mass is 9.78. The first-order chi connectivity index (χ1) is 11.1. The molecule has 0 saturated heterocycles. The van der Waals surface area contributed by atoms with Crippen molar-refractivity contribution in [1.82, 2.24) is 15.5 Å². The van der Waals surface area contributed by atoms with E-state index in [1.54, 1.807) is 6.07 Å². The van der Waals surface area contributed by atoms with E-state index in [1.165, 1.54) is 32.1 Å². The number of nitrogens with zero attached hydrogens (tertiary/aromatic N) is 1. The van der Waals surface area contributed by atoms with Crippen molar-refractivity contribution in [3.05, 3.63) is 17.5 Å². The maximum atomic E-state index is 12.0. The van der Waals surface area contributed by atoms with E-state index >= 15 is 0 Å². The van der Waals surface area contributed by atoms with Gasteiger partial charge in [-0.1, -0.05) is 32.1 Å². The SMILES string of the molecule is NC(=O)c1cc([C@H]2C[C@@H](NC(=O)CCC3CCCCC3)C2)n[nH]1. The molecule has 6 nitrogen and oxygen atoms in total. The van der Waals surface area contributed by atoms with Gasteiger partial charge >= 0.3 is 0 Å². The normalized spacial score (nSPS) is 24.9. The monoisotopic (exact) mass is 318 g/mol. The Morgan fingerprint density at radius 2 is 2.00 bits per heavy atom. The van der Waals surface area contributed by atoms with Gasteiger partial charge in [0.05, 0.1) is 5.69 Å². The number of nitrogens with two attached hydrogens (primary N) is 1. The molecule has 0 unspecified atom stereocenters. The highest BCUT2D eigenvalue weighted by atomic mass is 16.2. The number of carbonyl (C=O) groups excluding carboxylic acids is 2. The van der Waals surface area contributed by atoms with E-state index in [0.29, 0.717) is 18.0 Å². The summed E-state index contributed by atoms with van der Waals surface area (Å²) in [6, 6.07) is 1.96. The molecule has 6 heteroatoms. The zero-order valence-corrected chi connectivity index (χ0v) is 13.5. The number of H-pyrrole nitrogens is 1. The second kappa shape index (κ2) is 7.15. The first kappa shape index (κ1) is 16.0. The fourth-order valence-corrected chi connectivity index (χ4v) is 3.76. The van der Waals surface area contributed by atoms with Gasteiger partial charge in [-0.05, 0) is 31.2 Å². The number of amides is 2. The van der Waals surface area contributed by atoms with Gasteiger partial charge < -0.3 is 11.1 Å². The Bertz CT molecular complexity index is 557. The molecular formula is C17H26N4O2. The Hall–Kier alpha value is -1.85. The maximum absolute atomic E-state index is 12.0. The molecule has 0 bridgehead atoms. The van der Waals surface area contributed by atoms with Gasteiger partial charge in [0.2, 0.25) is 5.91 Å². The number of nitrogens with one attached hydrogen (secondary N) is 2. The third-order valence-corrected chi connectivity index (χ3v) is 5.29. The van der Waals surface area contributed by atoms with Gasteiger partial charge in [-0.25, -0.2) is 0 Å². The lowest BCUT2D eigenvalue weighted by Gasteiger charge is -2.35. The molecule has 126 valence electrons. The quantitative estimate of drug-likeness (QED) is 0.749. The molecule has 2 amide bonds. The third-order valence-electron chi connectivity index (χ3n) is 5.29. The summed E-state index contributed by atoms with van der Waals surface area (Å²) in [6.45, 7) is 0. The van der Waals surface area contributed by atoms with Crippen molar-refractivity contribution in [3.63, 3.8) is 0 Å².